The number of anilines is 1. The van der Waals surface area contributed by atoms with Crippen molar-refractivity contribution in [1.82, 2.24) is 10.3 Å². The summed E-state index contributed by atoms with van der Waals surface area (Å²) in [5, 5.41) is 6.12. The van der Waals surface area contributed by atoms with Gasteiger partial charge < -0.3 is 15.4 Å². The second-order valence-corrected chi connectivity index (χ2v) is 5.01. The number of carbonyl (C=O) groups excluding carboxylic acids is 1. The Hall–Kier alpha value is -1.62. The Morgan fingerprint density at radius 1 is 1.50 bits per heavy atom. The van der Waals surface area contributed by atoms with Crippen molar-refractivity contribution < 1.29 is 9.53 Å². The fourth-order valence-corrected chi connectivity index (χ4v) is 2.29. The first-order valence-electron chi connectivity index (χ1n) is 7.40. The highest BCUT2D eigenvalue weighted by atomic mass is 16.5. The molecule has 0 spiro atoms. The van der Waals surface area contributed by atoms with E-state index in [0.717, 1.165) is 38.8 Å². The zero-order chi connectivity index (χ0) is 14.2. The molecule has 2 heterocycles. The van der Waals surface area contributed by atoms with Gasteiger partial charge in [-0.2, -0.15) is 0 Å². The Bertz CT molecular complexity index is 431. The van der Waals surface area contributed by atoms with Crippen molar-refractivity contribution in [2.24, 2.45) is 0 Å². The fraction of sp³-hybridized carbons (Fsp3) is 0.600. The molecule has 0 bridgehead atoms. The van der Waals surface area contributed by atoms with Crippen LogP contribution in [0.5, 0.6) is 0 Å². The van der Waals surface area contributed by atoms with E-state index in [4.69, 9.17) is 4.74 Å². The van der Waals surface area contributed by atoms with Crippen LogP contribution in [0.4, 0.5) is 5.82 Å². The van der Waals surface area contributed by atoms with Crippen LogP contribution in [0.3, 0.4) is 0 Å². The number of rotatable bonds is 7. The predicted molar refractivity (Wildman–Crippen MR) is 78.9 cm³/mol. The molecule has 1 aliphatic heterocycles. The van der Waals surface area contributed by atoms with Gasteiger partial charge in [-0.25, -0.2) is 4.98 Å². The molecular formula is C15H23N3O2. The third-order valence-electron chi connectivity index (χ3n) is 3.37. The van der Waals surface area contributed by atoms with Crippen molar-refractivity contribution in [1.29, 1.82) is 0 Å². The lowest BCUT2D eigenvalue weighted by Gasteiger charge is -2.12. The minimum atomic E-state index is -0.0744. The fourth-order valence-electron chi connectivity index (χ4n) is 2.29. The Morgan fingerprint density at radius 2 is 2.40 bits per heavy atom. The molecule has 0 aliphatic carbocycles. The molecule has 1 amide bonds. The van der Waals surface area contributed by atoms with E-state index in [9.17, 15) is 4.79 Å². The van der Waals surface area contributed by atoms with Gasteiger partial charge in [0.1, 0.15) is 5.82 Å². The largest absolute Gasteiger partial charge is 0.378 e. The third kappa shape index (κ3) is 4.20. The molecule has 1 fully saturated rings. The number of ether oxygens (including phenoxy) is 1. The number of aromatic nitrogens is 1. The van der Waals surface area contributed by atoms with Crippen molar-refractivity contribution in [2.75, 3.05) is 25.0 Å². The number of hydrogen-bond donors (Lipinski definition) is 2. The second kappa shape index (κ2) is 7.85. The van der Waals surface area contributed by atoms with E-state index in [0.29, 0.717) is 24.0 Å². The zero-order valence-corrected chi connectivity index (χ0v) is 12.0. The summed E-state index contributed by atoms with van der Waals surface area (Å²) in [7, 11) is 0. The molecule has 1 aromatic rings. The molecule has 1 unspecified atom stereocenters. The average molecular weight is 277 g/mol. The summed E-state index contributed by atoms with van der Waals surface area (Å²) in [5.41, 5.74) is 0.605. The van der Waals surface area contributed by atoms with Crippen LogP contribution in [-0.2, 0) is 4.74 Å². The lowest BCUT2D eigenvalue weighted by atomic mass is 10.2. The van der Waals surface area contributed by atoms with Crippen molar-refractivity contribution >= 4 is 11.7 Å². The van der Waals surface area contributed by atoms with Gasteiger partial charge in [0.05, 0.1) is 11.7 Å². The predicted octanol–water partition coefficient (Wildman–Crippen LogP) is 2.20. The van der Waals surface area contributed by atoms with E-state index in [1.54, 1.807) is 18.3 Å². The van der Waals surface area contributed by atoms with Gasteiger partial charge in [-0.3, -0.25) is 4.79 Å². The quantitative estimate of drug-likeness (QED) is 0.802. The number of hydrogen-bond acceptors (Lipinski definition) is 4. The van der Waals surface area contributed by atoms with Crippen LogP contribution in [0, 0.1) is 0 Å². The Balaban J connectivity index is 1.84. The molecule has 1 atom stereocenters. The molecule has 2 N–H and O–H groups in total. The molecule has 0 aromatic carbocycles. The summed E-state index contributed by atoms with van der Waals surface area (Å²) in [6.45, 7) is 4.39. The highest BCUT2D eigenvalue weighted by molar-refractivity contribution is 5.98. The van der Waals surface area contributed by atoms with Crippen LogP contribution in [-0.4, -0.2) is 36.7 Å². The van der Waals surface area contributed by atoms with Crippen LogP contribution in [0.25, 0.3) is 0 Å². The van der Waals surface area contributed by atoms with E-state index < -0.39 is 0 Å². The van der Waals surface area contributed by atoms with Gasteiger partial charge in [-0.15, -0.1) is 0 Å². The standard InChI is InChI=1S/C15H23N3O2/c1-2-8-16-14-13(6-3-9-17-14)15(19)18-10-7-12-5-4-11-20-12/h3,6,9,12H,2,4-5,7-8,10-11H2,1H3,(H,16,17)(H,18,19). The Morgan fingerprint density at radius 3 is 3.15 bits per heavy atom. The molecule has 20 heavy (non-hydrogen) atoms. The first kappa shape index (κ1) is 14.8. The first-order valence-corrected chi connectivity index (χ1v) is 7.40. The van der Waals surface area contributed by atoms with Gasteiger partial charge in [0.25, 0.3) is 5.91 Å². The molecule has 1 saturated heterocycles. The monoisotopic (exact) mass is 277 g/mol. The zero-order valence-electron chi connectivity index (χ0n) is 12.0. The van der Waals surface area contributed by atoms with Crippen LogP contribution < -0.4 is 10.6 Å². The topological polar surface area (TPSA) is 63.2 Å². The summed E-state index contributed by atoms with van der Waals surface area (Å²) < 4.78 is 5.54. The molecule has 5 nitrogen and oxygen atoms in total. The van der Waals surface area contributed by atoms with E-state index in [-0.39, 0.29) is 5.91 Å². The minimum absolute atomic E-state index is 0.0744. The van der Waals surface area contributed by atoms with E-state index in [2.05, 4.69) is 22.5 Å². The van der Waals surface area contributed by atoms with Crippen LogP contribution >= 0.6 is 0 Å². The lowest BCUT2D eigenvalue weighted by Crippen LogP contribution is -2.28. The van der Waals surface area contributed by atoms with Gasteiger partial charge in [-0.1, -0.05) is 6.92 Å². The molecule has 110 valence electrons. The van der Waals surface area contributed by atoms with E-state index in [1.165, 1.54) is 0 Å². The highest BCUT2D eigenvalue weighted by Gasteiger charge is 2.16. The van der Waals surface area contributed by atoms with Gasteiger partial charge in [-0.05, 0) is 37.8 Å². The molecule has 0 radical (unpaired) electrons. The van der Waals surface area contributed by atoms with Crippen molar-refractivity contribution in [3.8, 4) is 0 Å². The highest BCUT2D eigenvalue weighted by Crippen LogP contribution is 2.15. The number of nitrogens with zero attached hydrogens (tertiary/aromatic N) is 1. The van der Waals surface area contributed by atoms with Crippen molar-refractivity contribution in [2.45, 2.75) is 38.7 Å². The second-order valence-electron chi connectivity index (χ2n) is 5.01. The molecular weight excluding hydrogens is 254 g/mol. The van der Waals surface area contributed by atoms with Crippen LogP contribution in [0.2, 0.25) is 0 Å². The summed E-state index contributed by atoms with van der Waals surface area (Å²) in [5.74, 6) is 0.582. The van der Waals surface area contributed by atoms with Crippen LogP contribution in [0.15, 0.2) is 18.3 Å². The maximum absolute atomic E-state index is 12.2. The normalized spacial score (nSPS) is 17.9. The molecule has 1 aromatic heterocycles. The van der Waals surface area contributed by atoms with E-state index >= 15 is 0 Å². The SMILES string of the molecule is CCCNc1ncccc1C(=O)NCCC1CCCO1. The maximum Gasteiger partial charge on any atom is 0.255 e. The summed E-state index contributed by atoms with van der Waals surface area (Å²) >= 11 is 0. The van der Waals surface area contributed by atoms with Crippen molar-refractivity contribution in [3.05, 3.63) is 23.9 Å². The Labute approximate surface area is 120 Å². The smallest absolute Gasteiger partial charge is 0.255 e. The molecule has 0 saturated carbocycles. The number of amides is 1. The molecule has 1 aliphatic rings. The summed E-state index contributed by atoms with van der Waals surface area (Å²) in [6.07, 6.45) is 6.11. The Kier molecular flexibility index (Phi) is 5.80. The van der Waals surface area contributed by atoms with Gasteiger partial charge in [0.2, 0.25) is 0 Å². The summed E-state index contributed by atoms with van der Waals surface area (Å²) in [4.78, 5) is 16.4. The van der Waals surface area contributed by atoms with Gasteiger partial charge in [0, 0.05) is 25.9 Å². The molecule has 2 rings (SSSR count). The number of carbonyl (C=O) groups is 1. The summed E-state index contributed by atoms with van der Waals surface area (Å²) in [6, 6.07) is 3.58. The van der Waals surface area contributed by atoms with Gasteiger partial charge in [0.15, 0.2) is 0 Å². The van der Waals surface area contributed by atoms with Crippen LogP contribution in [0.1, 0.15) is 43.0 Å². The number of nitrogens with one attached hydrogen (secondary N) is 2. The third-order valence-corrected chi connectivity index (χ3v) is 3.37. The molecule has 5 heteroatoms. The maximum atomic E-state index is 12.2. The minimum Gasteiger partial charge on any atom is -0.378 e. The van der Waals surface area contributed by atoms with E-state index in [1.807, 2.05) is 0 Å². The lowest BCUT2D eigenvalue weighted by molar-refractivity contribution is 0.0907. The first-order chi connectivity index (χ1) is 9.81. The van der Waals surface area contributed by atoms with Gasteiger partial charge >= 0.3 is 0 Å². The number of pyridine rings is 1. The average Bonchev–Trinajstić information content (AvgIpc) is 2.98. The van der Waals surface area contributed by atoms with Crippen molar-refractivity contribution in [3.63, 3.8) is 0 Å².